The highest BCUT2D eigenvalue weighted by molar-refractivity contribution is 9.10. The second kappa shape index (κ2) is 5.21. The summed E-state index contributed by atoms with van der Waals surface area (Å²) in [6.07, 6.45) is -0.816. The number of ether oxygens (including phenoxy) is 1. The Hall–Kier alpha value is -0.580. The van der Waals surface area contributed by atoms with E-state index in [-0.39, 0.29) is 13.2 Å². The van der Waals surface area contributed by atoms with Gasteiger partial charge in [-0.2, -0.15) is 0 Å². The molecule has 4 heteroatoms. The van der Waals surface area contributed by atoms with Crippen LogP contribution in [0.25, 0.3) is 0 Å². The maximum Gasteiger partial charge on any atom is 0.119 e. The number of aliphatic hydroxyl groups excluding tert-OH is 2. The lowest BCUT2D eigenvalue weighted by molar-refractivity contribution is 0.0536. The summed E-state index contributed by atoms with van der Waals surface area (Å²) >= 11 is 3.29. The Balaban J connectivity index is 2.41. The van der Waals surface area contributed by atoms with Crippen molar-refractivity contribution in [1.29, 1.82) is 0 Å². The summed E-state index contributed by atoms with van der Waals surface area (Å²) in [6, 6.07) is 7.27. The molecule has 0 aliphatic heterocycles. The van der Waals surface area contributed by atoms with Gasteiger partial charge in [0.05, 0.1) is 6.61 Å². The summed E-state index contributed by atoms with van der Waals surface area (Å²) in [7, 11) is 0. The molecule has 1 atom stereocenters. The Kier molecular flexibility index (Phi) is 4.21. The van der Waals surface area contributed by atoms with E-state index in [9.17, 15) is 0 Å². The zero-order valence-corrected chi connectivity index (χ0v) is 8.57. The minimum Gasteiger partial charge on any atom is -0.491 e. The molecule has 1 rings (SSSR count). The fourth-order valence-electron chi connectivity index (χ4n) is 0.776. The van der Waals surface area contributed by atoms with Crippen LogP contribution in [0.5, 0.6) is 5.75 Å². The van der Waals surface area contributed by atoms with Gasteiger partial charge in [0, 0.05) is 4.47 Å². The molecule has 0 bridgehead atoms. The van der Waals surface area contributed by atoms with E-state index < -0.39 is 6.10 Å². The van der Waals surface area contributed by atoms with Crippen LogP contribution < -0.4 is 4.74 Å². The highest BCUT2D eigenvalue weighted by atomic mass is 79.9. The van der Waals surface area contributed by atoms with Gasteiger partial charge in [-0.05, 0) is 24.3 Å². The van der Waals surface area contributed by atoms with E-state index >= 15 is 0 Å². The largest absolute Gasteiger partial charge is 0.491 e. The van der Waals surface area contributed by atoms with Gasteiger partial charge in [-0.25, -0.2) is 0 Å². The number of hydrogen-bond acceptors (Lipinski definition) is 3. The number of aliphatic hydroxyl groups is 2. The van der Waals surface area contributed by atoms with Crippen LogP contribution in [-0.2, 0) is 0 Å². The molecule has 0 amide bonds. The van der Waals surface area contributed by atoms with Crippen molar-refractivity contribution in [3.8, 4) is 5.75 Å². The molecule has 3 nitrogen and oxygen atoms in total. The van der Waals surface area contributed by atoms with Crippen LogP contribution in [0.4, 0.5) is 0 Å². The molecular weight excluding hydrogens is 236 g/mol. The maximum absolute atomic E-state index is 8.99. The fourth-order valence-corrected chi connectivity index (χ4v) is 1.04. The smallest absolute Gasteiger partial charge is 0.119 e. The monoisotopic (exact) mass is 246 g/mol. The summed E-state index contributed by atoms with van der Waals surface area (Å²) < 4.78 is 6.16. The average molecular weight is 247 g/mol. The number of hydrogen-bond donors (Lipinski definition) is 2. The van der Waals surface area contributed by atoms with E-state index in [4.69, 9.17) is 14.9 Å². The molecule has 0 saturated carbocycles. The first-order valence-corrected chi connectivity index (χ1v) is 4.69. The van der Waals surface area contributed by atoms with Crippen molar-refractivity contribution in [2.75, 3.05) is 13.2 Å². The first-order valence-electron chi connectivity index (χ1n) is 3.89. The maximum atomic E-state index is 8.99. The molecular formula is C9H11BrO3. The first-order chi connectivity index (χ1) is 6.22. The third kappa shape index (κ3) is 3.76. The Morgan fingerprint density at radius 3 is 2.46 bits per heavy atom. The van der Waals surface area contributed by atoms with Crippen molar-refractivity contribution in [1.82, 2.24) is 0 Å². The molecule has 1 aromatic rings. The van der Waals surface area contributed by atoms with Crippen LogP contribution in [0, 0.1) is 0 Å². The molecule has 0 unspecified atom stereocenters. The lowest BCUT2D eigenvalue weighted by Gasteiger charge is -2.09. The second-order valence-corrected chi connectivity index (χ2v) is 3.52. The Morgan fingerprint density at radius 1 is 1.31 bits per heavy atom. The minimum absolute atomic E-state index is 0.109. The normalized spacial score (nSPS) is 12.5. The average Bonchev–Trinajstić information content (AvgIpc) is 2.16. The van der Waals surface area contributed by atoms with Crippen LogP contribution >= 0.6 is 15.9 Å². The van der Waals surface area contributed by atoms with E-state index in [1.165, 1.54) is 0 Å². The number of halogens is 1. The van der Waals surface area contributed by atoms with Crippen molar-refractivity contribution in [3.63, 3.8) is 0 Å². The fraction of sp³-hybridized carbons (Fsp3) is 0.333. The Bertz CT molecular complexity index is 248. The van der Waals surface area contributed by atoms with Gasteiger partial charge in [-0.3, -0.25) is 0 Å². The SMILES string of the molecule is OC[C@H](O)COc1ccc(Br)cc1. The molecule has 13 heavy (non-hydrogen) atoms. The van der Waals surface area contributed by atoms with E-state index in [0.717, 1.165) is 4.47 Å². The van der Waals surface area contributed by atoms with E-state index in [1.54, 1.807) is 12.1 Å². The Labute approximate surface area is 85.1 Å². The molecule has 0 spiro atoms. The quantitative estimate of drug-likeness (QED) is 0.839. The number of benzene rings is 1. The highest BCUT2D eigenvalue weighted by Gasteiger charge is 2.02. The molecule has 1 aromatic carbocycles. The molecule has 0 fully saturated rings. The van der Waals surface area contributed by atoms with Crippen molar-refractivity contribution in [2.24, 2.45) is 0 Å². The van der Waals surface area contributed by atoms with Gasteiger partial charge in [0.2, 0.25) is 0 Å². The molecule has 0 aromatic heterocycles. The zero-order chi connectivity index (χ0) is 9.68. The van der Waals surface area contributed by atoms with E-state index in [0.29, 0.717) is 5.75 Å². The second-order valence-electron chi connectivity index (χ2n) is 2.60. The molecule has 0 radical (unpaired) electrons. The van der Waals surface area contributed by atoms with E-state index in [2.05, 4.69) is 15.9 Å². The lowest BCUT2D eigenvalue weighted by Crippen LogP contribution is -2.21. The third-order valence-electron chi connectivity index (χ3n) is 1.47. The van der Waals surface area contributed by atoms with Crippen molar-refractivity contribution in [3.05, 3.63) is 28.7 Å². The predicted octanol–water partition coefficient (Wildman–Crippen LogP) is 1.18. The minimum atomic E-state index is -0.816. The molecule has 72 valence electrons. The molecule has 2 N–H and O–H groups in total. The third-order valence-corrected chi connectivity index (χ3v) is 2.00. The van der Waals surface area contributed by atoms with Gasteiger partial charge in [0.15, 0.2) is 0 Å². The summed E-state index contributed by atoms with van der Waals surface area (Å²) in [4.78, 5) is 0. The lowest BCUT2D eigenvalue weighted by atomic mass is 10.3. The predicted molar refractivity (Wildman–Crippen MR) is 52.7 cm³/mol. The molecule has 0 aliphatic carbocycles. The van der Waals surface area contributed by atoms with Gasteiger partial charge >= 0.3 is 0 Å². The van der Waals surface area contributed by atoms with Gasteiger partial charge < -0.3 is 14.9 Å². The van der Waals surface area contributed by atoms with Crippen molar-refractivity contribution >= 4 is 15.9 Å². The van der Waals surface area contributed by atoms with Crippen LogP contribution in [-0.4, -0.2) is 29.5 Å². The number of rotatable bonds is 4. The molecule has 0 saturated heterocycles. The van der Waals surface area contributed by atoms with Crippen LogP contribution in [0.2, 0.25) is 0 Å². The van der Waals surface area contributed by atoms with Crippen LogP contribution in [0.3, 0.4) is 0 Å². The van der Waals surface area contributed by atoms with Gasteiger partial charge in [-0.15, -0.1) is 0 Å². The zero-order valence-electron chi connectivity index (χ0n) is 6.98. The first kappa shape index (κ1) is 10.5. The summed E-state index contributed by atoms with van der Waals surface area (Å²) in [5.74, 6) is 0.677. The van der Waals surface area contributed by atoms with Gasteiger partial charge in [0.25, 0.3) is 0 Å². The summed E-state index contributed by atoms with van der Waals surface area (Å²) in [6.45, 7) is -0.172. The summed E-state index contributed by atoms with van der Waals surface area (Å²) in [5.41, 5.74) is 0. The molecule has 0 aliphatic rings. The van der Waals surface area contributed by atoms with Crippen molar-refractivity contribution in [2.45, 2.75) is 6.10 Å². The molecule has 0 heterocycles. The Morgan fingerprint density at radius 2 is 1.92 bits per heavy atom. The van der Waals surface area contributed by atoms with Gasteiger partial charge in [-0.1, -0.05) is 15.9 Å². The van der Waals surface area contributed by atoms with Crippen LogP contribution in [0.1, 0.15) is 0 Å². The van der Waals surface area contributed by atoms with Gasteiger partial charge in [0.1, 0.15) is 18.5 Å². The summed E-state index contributed by atoms with van der Waals surface area (Å²) in [5, 5.41) is 17.5. The van der Waals surface area contributed by atoms with Crippen molar-refractivity contribution < 1.29 is 14.9 Å². The topological polar surface area (TPSA) is 49.7 Å². The van der Waals surface area contributed by atoms with Crippen LogP contribution in [0.15, 0.2) is 28.7 Å². The highest BCUT2D eigenvalue weighted by Crippen LogP contribution is 2.15. The van der Waals surface area contributed by atoms with E-state index in [1.807, 2.05) is 12.1 Å². The standard InChI is InChI=1S/C9H11BrO3/c10-7-1-3-9(4-2-7)13-6-8(12)5-11/h1-4,8,11-12H,5-6H2/t8-/m0/s1.